The minimum Gasteiger partial charge on any atom is -0.337 e. The number of anilines is 1. The third-order valence-corrected chi connectivity index (χ3v) is 6.43. The Kier molecular flexibility index (Phi) is 5.28. The summed E-state index contributed by atoms with van der Waals surface area (Å²) >= 11 is 1.41. The molecule has 0 aliphatic carbocycles. The molecule has 1 fully saturated rings. The second-order valence-electron chi connectivity index (χ2n) is 7.60. The van der Waals surface area contributed by atoms with E-state index in [4.69, 9.17) is 0 Å². The topological polar surface area (TPSA) is 113 Å². The number of carbonyl (C=O) groups excluding carboxylic acids is 2. The van der Waals surface area contributed by atoms with Crippen LogP contribution in [0.2, 0.25) is 0 Å². The van der Waals surface area contributed by atoms with E-state index in [0.29, 0.717) is 46.8 Å². The molecular weight excluding hydrogens is 428 g/mol. The summed E-state index contributed by atoms with van der Waals surface area (Å²) in [6.45, 7) is 1.03. The molecule has 4 aromatic rings. The van der Waals surface area contributed by atoms with Crippen LogP contribution in [0.25, 0.3) is 16.7 Å². The van der Waals surface area contributed by atoms with Crippen molar-refractivity contribution in [2.24, 2.45) is 5.92 Å². The number of likely N-dealkylation sites (tertiary alicyclic amines) is 1. The number of aromatic nitrogens is 4. The number of hydrogen-bond donors (Lipinski definition) is 2. The maximum absolute atomic E-state index is 13.1. The van der Waals surface area contributed by atoms with Gasteiger partial charge in [0.1, 0.15) is 5.39 Å². The third-order valence-electron chi connectivity index (χ3n) is 5.57. The average Bonchev–Trinajstić information content (AvgIpc) is 3.50. The van der Waals surface area contributed by atoms with Crippen LogP contribution in [0.1, 0.15) is 22.5 Å². The molecule has 162 valence electrons. The Hall–Kier alpha value is -3.79. The van der Waals surface area contributed by atoms with Crippen LogP contribution < -0.4 is 10.9 Å². The standard InChI is InChI=1S/C22H20N6O3S/c29-20(14-5-3-9-27(12-14)22(31)18-8-4-10-32-18)26-16-6-1-2-7-17(16)28-19-15(11-25-28)21(30)24-13-23-19/h1-2,4,6-8,10-11,13-14H,3,5,9,12H2,(H,26,29)(H,23,24,30). The first kappa shape index (κ1) is 20.1. The number of H-pyrrole nitrogens is 1. The highest BCUT2D eigenvalue weighted by atomic mass is 32.1. The predicted octanol–water partition coefficient (Wildman–Crippen LogP) is 2.66. The maximum Gasteiger partial charge on any atom is 0.263 e. The van der Waals surface area contributed by atoms with Crippen molar-refractivity contribution in [1.82, 2.24) is 24.6 Å². The van der Waals surface area contributed by atoms with Gasteiger partial charge >= 0.3 is 0 Å². The second kappa shape index (κ2) is 8.39. The molecule has 1 aliphatic heterocycles. The summed E-state index contributed by atoms with van der Waals surface area (Å²) in [5, 5.41) is 9.53. The van der Waals surface area contributed by atoms with Crippen molar-refractivity contribution in [3.05, 3.63) is 69.5 Å². The Labute approximate surface area is 186 Å². The summed E-state index contributed by atoms with van der Waals surface area (Å²) in [7, 11) is 0. The molecule has 2 N–H and O–H groups in total. The SMILES string of the molecule is O=C(Nc1ccccc1-n1ncc2c(=O)[nH]cnc21)C1CCCN(C(=O)c2cccs2)C1. The molecule has 10 heteroatoms. The third kappa shape index (κ3) is 3.69. The van der Waals surface area contributed by atoms with Gasteiger partial charge in [-0.3, -0.25) is 14.4 Å². The van der Waals surface area contributed by atoms with Gasteiger partial charge in [-0.25, -0.2) is 9.67 Å². The lowest BCUT2D eigenvalue weighted by molar-refractivity contribution is -0.121. The van der Waals surface area contributed by atoms with E-state index < -0.39 is 0 Å². The van der Waals surface area contributed by atoms with Crippen LogP contribution in [0, 0.1) is 5.92 Å². The summed E-state index contributed by atoms with van der Waals surface area (Å²) in [6, 6.07) is 10.9. The van der Waals surface area contributed by atoms with E-state index in [0.717, 1.165) is 6.42 Å². The number of amides is 2. The maximum atomic E-state index is 13.1. The highest BCUT2D eigenvalue weighted by molar-refractivity contribution is 7.12. The summed E-state index contributed by atoms with van der Waals surface area (Å²) < 4.78 is 1.54. The molecule has 1 saturated heterocycles. The largest absolute Gasteiger partial charge is 0.337 e. The molecule has 0 saturated carbocycles. The summed E-state index contributed by atoms with van der Waals surface area (Å²) in [5.41, 5.74) is 1.30. The van der Waals surface area contributed by atoms with Crippen molar-refractivity contribution in [3.63, 3.8) is 0 Å². The zero-order valence-corrected chi connectivity index (χ0v) is 17.8. The molecule has 9 nitrogen and oxygen atoms in total. The lowest BCUT2D eigenvalue weighted by Crippen LogP contribution is -2.43. The van der Waals surface area contributed by atoms with Gasteiger partial charge in [0.15, 0.2) is 5.65 Å². The minimum absolute atomic E-state index is 0.0304. The molecule has 4 heterocycles. The van der Waals surface area contributed by atoms with Gasteiger partial charge in [-0.15, -0.1) is 11.3 Å². The van der Waals surface area contributed by atoms with Crippen LogP contribution in [-0.4, -0.2) is 49.6 Å². The fourth-order valence-corrected chi connectivity index (χ4v) is 4.65. The van der Waals surface area contributed by atoms with Crippen LogP contribution in [0.15, 0.2) is 59.1 Å². The first-order valence-corrected chi connectivity index (χ1v) is 11.1. The van der Waals surface area contributed by atoms with Crippen LogP contribution in [-0.2, 0) is 4.79 Å². The Morgan fingerprint density at radius 1 is 1.19 bits per heavy atom. The fraction of sp³-hybridized carbons (Fsp3) is 0.227. The van der Waals surface area contributed by atoms with E-state index in [1.165, 1.54) is 28.5 Å². The van der Waals surface area contributed by atoms with Crippen molar-refractivity contribution in [2.45, 2.75) is 12.8 Å². The van der Waals surface area contributed by atoms with Gasteiger partial charge in [-0.1, -0.05) is 18.2 Å². The smallest absolute Gasteiger partial charge is 0.263 e. The van der Waals surface area contributed by atoms with Crippen molar-refractivity contribution < 1.29 is 9.59 Å². The van der Waals surface area contributed by atoms with Gasteiger partial charge < -0.3 is 15.2 Å². The molecule has 1 atom stereocenters. The molecule has 32 heavy (non-hydrogen) atoms. The number of piperidine rings is 1. The number of para-hydroxylation sites is 2. The Morgan fingerprint density at radius 2 is 2.06 bits per heavy atom. The molecular formula is C22H20N6O3S. The minimum atomic E-state index is -0.309. The van der Waals surface area contributed by atoms with Gasteiger partial charge in [0.25, 0.3) is 11.5 Å². The van der Waals surface area contributed by atoms with Gasteiger partial charge in [0.2, 0.25) is 5.91 Å². The van der Waals surface area contributed by atoms with Crippen LogP contribution in [0.5, 0.6) is 0 Å². The molecule has 1 aromatic carbocycles. The number of rotatable bonds is 4. The lowest BCUT2D eigenvalue weighted by atomic mass is 9.96. The van der Waals surface area contributed by atoms with E-state index in [2.05, 4.69) is 20.4 Å². The summed E-state index contributed by atoms with van der Waals surface area (Å²) in [5.74, 6) is -0.489. The lowest BCUT2D eigenvalue weighted by Gasteiger charge is -2.32. The van der Waals surface area contributed by atoms with Gasteiger partial charge in [0.05, 0.1) is 34.7 Å². The van der Waals surface area contributed by atoms with Crippen LogP contribution in [0.3, 0.4) is 0 Å². The van der Waals surface area contributed by atoms with Crippen LogP contribution >= 0.6 is 11.3 Å². The number of hydrogen-bond acceptors (Lipinski definition) is 6. The molecule has 1 aliphatic rings. The number of fused-ring (bicyclic) bond motifs is 1. The zero-order valence-electron chi connectivity index (χ0n) is 17.0. The highest BCUT2D eigenvalue weighted by Crippen LogP contribution is 2.25. The fourth-order valence-electron chi connectivity index (χ4n) is 3.96. The Bertz CT molecular complexity index is 1340. The molecule has 5 rings (SSSR count). The van der Waals surface area contributed by atoms with Crippen molar-refractivity contribution >= 4 is 39.9 Å². The number of aromatic amines is 1. The molecule has 3 aromatic heterocycles. The Balaban J connectivity index is 1.38. The van der Waals surface area contributed by atoms with Gasteiger partial charge in [-0.05, 0) is 36.4 Å². The Morgan fingerprint density at radius 3 is 2.91 bits per heavy atom. The average molecular weight is 449 g/mol. The predicted molar refractivity (Wildman–Crippen MR) is 121 cm³/mol. The van der Waals surface area contributed by atoms with E-state index in [1.807, 2.05) is 23.6 Å². The van der Waals surface area contributed by atoms with Crippen molar-refractivity contribution in [1.29, 1.82) is 0 Å². The first-order valence-electron chi connectivity index (χ1n) is 10.3. The number of benzene rings is 1. The first-order chi connectivity index (χ1) is 15.6. The van der Waals surface area contributed by atoms with E-state index >= 15 is 0 Å². The van der Waals surface area contributed by atoms with Crippen molar-refractivity contribution in [3.8, 4) is 5.69 Å². The molecule has 2 amide bonds. The molecule has 0 radical (unpaired) electrons. The van der Waals surface area contributed by atoms with E-state index in [1.54, 1.807) is 23.1 Å². The monoisotopic (exact) mass is 448 g/mol. The second-order valence-corrected chi connectivity index (χ2v) is 8.55. The molecule has 1 unspecified atom stereocenters. The van der Waals surface area contributed by atoms with Crippen molar-refractivity contribution in [2.75, 3.05) is 18.4 Å². The number of nitrogens with one attached hydrogen (secondary N) is 2. The quantitative estimate of drug-likeness (QED) is 0.498. The van der Waals surface area contributed by atoms with Crippen LogP contribution in [0.4, 0.5) is 5.69 Å². The van der Waals surface area contributed by atoms with Gasteiger partial charge in [-0.2, -0.15) is 5.10 Å². The normalized spacial score (nSPS) is 16.2. The number of nitrogens with zero attached hydrogens (tertiary/aromatic N) is 4. The van der Waals surface area contributed by atoms with Gasteiger partial charge in [0, 0.05) is 13.1 Å². The summed E-state index contributed by atoms with van der Waals surface area (Å²) in [6.07, 6.45) is 4.26. The van der Waals surface area contributed by atoms with E-state index in [9.17, 15) is 14.4 Å². The zero-order chi connectivity index (χ0) is 22.1. The number of carbonyl (C=O) groups is 2. The molecule has 0 spiro atoms. The highest BCUT2D eigenvalue weighted by Gasteiger charge is 2.29. The van der Waals surface area contributed by atoms with E-state index in [-0.39, 0.29) is 23.3 Å². The molecule has 0 bridgehead atoms. The number of thiophene rings is 1. The summed E-state index contributed by atoms with van der Waals surface area (Å²) in [4.78, 5) is 47.0.